The van der Waals surface area contributed by atoms with E-state index in [1.165, 1.54) is 7.11 Å². The first-order valence-corrected chi connectivity index (χ1v) is 13.0. The number of carbonyl (C=O) groups is 1. The molecule has 4 aromatic carbocycles. The van der Waals surface area contributed by atoms with Crippen molar-refractivity contribution in [1.29, 1.82) is 0 Å². The van der Waals surface area contributed by atoms with Crippen molar-refractivity contribution in [3.63, 3.8) is 0 Å². The van der Waals surface area contributed by atoms with E-state index in [2.05, 4.69) is 11.0 Å². The molecular weight excluding hydrogens is 522 g/mol. The molecule has 1 saturated heterocycles. The zero-order valence-electron chi connectivity index (χ0n) is 22.3. The maximum atomic E-state index is 15.0. The number of hydrogen-bond acceptors (Lipinski definition) is 4. The highest BCUT2D eigenvalue weighted by Crippen LogP contribution is 2.46. The molecular formula is C32H29F4NO3. The van der Waals surface area contributed by atoms with Crippen molar-refractivity contribution in [2.24, 2.45) is 0 Å². The number of carbonyl (C=O) groups excluding carboxylic acids is 1. The quantitative estimate of drug-likeness (QED) is 0.179. The molecule has 4 aromatic rings. The largest absolute Gasteiger partial charge is 0.497 e. The lowest BCUT2D eigenvalue weighted by atomic mass is 9.91. The van der Waals surface area contributed by atoms with Crippen LogP contribution in [0.3, 0.4) is 0 Å². The number of nitrogens with zero attached hydrogens (tertiary/aromatic N) is 1. The summed E-state index contributed by atoms with van der Waals surface area (Å²) in [5.74, 6) is -0.784. The average Bonchev–Trinajstić information content (AvgIpc) is 3.40. The van der Waals surface area contributed by atoms with E-state index in [9.17, 15) is 22.4 Å². The number of hydrogen-bond donors (Lipinski definition) is 0. The molecule has 5 rings (SSSR count). The molecule has 0 aromatic heterocycles. The van der Waals surface area contributed by atoms with Crippen molar-refractivity contribution in [3.8, 4) is 5.75 Å². The first kappa shape index (κ1) is 27.6. The van der Waals surface area contributed by atoms with E-state index in [0.29, 0.717) is 18.5 Å². The standard InChI is InChI=1S/C32H29F4NO3/c1-19(20-4-6-21(7-5-20)31(38)40-3)37-18-25(28-17-26(32(34,35)36)11-13-29(28)33)16-30(37)24-9-8-23-15-27(39-2)12-10-22(23)14-24/h4-15,17,19,25,30H,16,18H2,1-3H3. The van der Waals surface area contributed by atoms with Gasteiger partial charge in [-0.2, -0.15) is 13.2 Å². The highest BCUT2D eigenvalue weighted by atomic mass is 19.4. The molecule has 1 fully saturated rings. The van der Waals surface area contributed by atoms with Gasteiger partial charge in [0.1, 0.15) is 11.6 Å². The molecule has 3 atom stereocenters. The molecule has 0 saturated carbocycles. The predicted molar refractivity (Wildman–Crippen MR) is 145 cm³/mol. The minimum Gasteiger partial charge on any atom is -0.497 e. The third kappa shape index (κ3) is 5.41. The van der Waals surface area contributed by atoms with Gasteiger partial charge in [0.05, 0.1) is 25.3 Å². The predicted octanol–water partition coefficient (Wildman–Crippen LogP) is 8.08. The van der Waals surface area contributed by atoms with Gasteiger partial charge in [-0.05, 0) is 89.3 Å². The van der Waals surface area contributed by atoms with Crippen LogP contribution in [0.2, 0.25) is 0 Å². The second kappa shape index (κ2) is 10.9. The molecule has 4 nitrogen and oxygen atoms in total. The zero-order valence-corrected chi connectivity index (χ0v) is 22.3. The van der Waals surface area contributed by atoms with Crippen molar-refractivity contribution in [1.82, 2.24) is 4.90 Å². The number of rotatable bonds is 6. The summed E-state index contributed by atoms with van der Waals surface area (Å²) in [6, 6.07) is 21.2. The van der Waals surface area contributed by atoms with Gasteiger partial charge in [0.15, 0.2) is 0 Å². The summed E-state index contributed by atoms with van der Waals surface area (Å²) in [6.45, 7) is 2.38. The van der Waals surface area contributed by atoms with Crippen LogP contribution in [0.5, 0.6) is 5.75 Å². The van der Waals surface area contributed by atoms with Gasteiger partial charge >= 0.3 is 12.1 Å². The number of fused-ring (bicyclic) bond motifs is 1. The average molecular weight is 552 g/mol. The van der Waals surface area contributed by atoms with Crippen LogP contribution >= 0.6 is 0 Å². The van der Waals surface area contributed by atoms with E-state index in [4.69, 9.17) is 9.47 Å². The van der Waals surface area contributed by atoms with Crippen molar-refractivity contribution in [3.05, 3.63) is 112 Å². The molecule has 3 unspecified atom stereocenters. The molecule has 0 spiro atoms. The molecule has 1 aliphatic rings. The zero-order chi connectivity index (χ0) is 28.6. The van der Waals surface area contributed by atoms with Gasteiger partial charge in [0.25, 0.3) is 0 Å². The summed E-state index contributed by atoms with van der Waals surface area (Å²) >= 11 is 0. The molecule has 0 N–H and O–H groups in total. The number of esters is 1. The molecule has 0 bridgehead atoms. The molecule has 1 heterocycles. The lowest BCUT2D eigenvalue weighted by Crippen LogP contribution is -2.27. The Morgan fingerprint density at radius 3 is 2.30 bits per heavy atom. The Balaban J connectivity index is 1.54. The third-order valence-electron chi connectivity index (χ3n) is 7.87. The molecule has 208 valence electrons. The first-order chi connectivity index (χ1) is 19.1. The number of benzene rings is 4. The second-order valence-electron chi connectivity index (χ2n) is 10.1. The Morgan fingerprint density at radius 1 is 0.925 bits per heavy atom. The topological polar surface area (TPSA) is 38.8 Å². The van der Waals surface area contributed by atoms with Crippen LogP contribution < -0.4 is 4.74 Å². The number of alkyl halides is 3. The second-order valence-corrected chi connectivity index (χ2v) is 10.1. The summed E-state index contributed by atoms with van der Waals surface area (Å²) in [4.78, 5) is 14.1. The summed E-state index contributed by atoms with van der Waals surface area (Å²) in [6.07, 6.45) is -4.11. The molecule has 40 heavy (non-hydrogen) atoms. The van der Waals surface area contributed by atoms with Crippen LogP contribution in [-0.2, 0) is 10.9 Å². The lowest BCUT2D eigenvalue weighted by molar-refractivity contribution is -0.137. The normalized spacial score (nSPS) is 18.6. The molecule has 0 radical (unpaired) electrons. The Kier molecular flexibility index (Phi) is 7.55. The highest BCUT2D eigenvalue weighted by Gasteiger charge is 2.39. The van der Waals surface area contributed by atoms with Crippen LogP contribution in [0.15, 0.2) is 78.9 Å². The lowest BCUT2D eigenvalue weighted by Gasteiger charge is -2.31. The molecule has 0 aliphatic carbocycles. The van der Waals surface area contributed by atoms with Crippen LogP contribution in [0.1, 0.15) is 64.0 Å². The summed E-state index contributed by atoms with van der Waals surface area (Å²) in [5, 5.41) is 2.00. The first-order valence-electron chi connectivity index (χ1n) is 13.0. The van der Waals surface area contributed by atoms with Gasteiger partial charge in [-0.1, -0.05) is 30.3 Å². The number of ether oxygens (including phenoxy) is 2. The Morgan fingerprint density at radius 2 is 1.62 bits per heavy atom. The SMILES string of the molecule is COC(=O)c1ccc(C(C)N2CC(c3cc(C(F)(F)F)ccc3F)CC2c2ccc3cc(OC)ccc3c2)cc1. The van der Waals surface area contributed by atoms with Gasteiger partial charge in [0, 0.05) is 24.5 Å². The number of halogens is 4. The van der Waals surface area contributed by atoms with Crippen molar-refractivity contribution < 1.29 is 31.8 Å². The van der Waals surface area contributed by atoms with E-state index < -0.39 is 29.4 Å². The Labute approximate surface area is 230 Å². The van der Waals surface area contributed by atoms with E-state index in [-0.39, 0.29) is 17.6 Å². The van der Waals surface area contributed by atoms with Gasteiger partial charge in [-0.25, -0.2) is 9.18 Å². The van der Waals surface area contributed by atoms with E-state index >= 15 is 0 Å². The highest BCUT2D eigenvalue weighted by molar-refractivity contribution is 5.89. The minimum atomic E-state index is -4.56. The Hall–Kier alpha value is -3.91. The fourth-order valence-corrected chi connectivity index (χ4v) is 5.66. The smallest absolute Gasteiger partial charge is 0.416 e. The van der Waals surface area contributed by atoms with Crippen LogP contribution in [0, 0.1) is 5.82 Å². The van der Waals surface area contributed by atoms with Gasteiger partial charge in [-0.3, -0.25) is 4.90 Å². The van der Waals surface area contributed by atoms with Crippen molar-refractivity contribution >= 4 is 16.7 Å². The maximum Gasteiger partial charge on any atom is 0.416 e. The van der Waals surface area contributed by atoms with Crippen molar-refractivity contribution in [2.75, 3.05) is 20.8 Å². The molecule has 1 aliphatic heterocycles. The summed E-state index contributed by atoms with van der Waals surface area (Å²) < 4.78 is 65.6. The minimum absolute atomic E-state index is 0.0705. The van der Waals surface area contributed by atoms with E-state index in [1.807, 2.05) is 49.4 Å². The summed E-state index contributed by atoms with van der Waals surface area (Å²) in [7, 11) is 2.93. The van der Waals surface area contributed by atoms with Crippen LogP contribution in [0.4, 0.5) is 17.6 Å². The van der Waals surface area contributed by atoms with Gasteiger partial charge in [0.2, 0.25) is 0 Å². The van der Waals surface area contributed by atoms with E-state index in [0.717, 1.165) is 45.8 Å². The Bertz CT molecular complexity index is 1530. The summed E-state index contributed by atoms with van der Waals surface area (Å²) in [5.41, 5.74) is 1.55. The fraction of sp³-hybridized carbons (Fsp3) is 0.281. The van der Waals surface area contributed by atoms with Crippen molar-refractivity contribution in [2.45, 2.75) is 37.5 Å². The van der Waals surface area contributed by atoms with Crippen LogP contribution in [-0.4, -0.2) is 31.6 Å². The monoisotopic (exact) mass is 551 g/mol. The molecule has 0 amide bonds. The maximum absolute atomic E-state index is 15.0. The van der Waals surface area contributed by atoms with Gasteiger partial charge < -0.3 is 9.47 Å². The van der Waals surface area contributed by atoms with Crippen LogP contribution in [0.25, 0.3) is 10.8 Å². The molecule has 8 heteroatoms. The van der Waals surface area contributed by atoms with Gasteiger partial charge in [-0.15, -0.1) is 0 Å². The van der Waals surface area contributed by atoms with E-state index in [1.54, 1.807) is 19.2 Å². The number of methoxy groups -OCH3 is 2. The fourth-order valence-electron chi connectivity index (χ4n) is 5.66. The number of likely N-dealkylation sites (tertiary alicyclic amines) is 1. The third-order valence-corrected chi connectivity index (χ3v) is 7.87.